The molecule has 2 aliphatic rings. The predicted molar refractivity (Wildman–Crippen MR) is 139 cm³/mol. The first-order valence-corrected chi connectivity index (χ1v) is 12.9. The van der Waals surface area contributed by atoms with Gasteiger partial charge < -0.3 is 14.6 Å². The molecule has 0 aliphatic carbocycles. The van der Waals surface area contributed by atoms with Crippen LogP contribution < -0.4 is 4.90 Å². The van der Waals surface area contributed by atoms with Gasteiger partial charge in [0, 0.05) is 62.8 Å². The standard InChI is InChI=1S/C27H35N7O/c1-17(2)24-25(21-15-34-27(28-16-29-34)19(4)18(21)3)30-22-5-6-23(31-26(22)24)33-11-9-32(10-12-33)20-7-13-35-14-8-20/h5-6,15-17,20,30H,7-14H2,1-4H3. The van der Waals surface area contributed by atoms with Crippen molar-refractivity contribution in [2.75, 3.05) is 44.3 Å². The van der Waals surface area contributed by atoms with Crippen molar-refractivity contribution < 1.29 is 4.74 Å². The molecule has 0 amide bonds. The molecule has 6 rings (SSSR count). The maximum Gasteiger partial charge on any atom is 0.158 e. The van der Waals surface area contributed by atoms with Gasteiger partial charge in [-0.25, -0.2) is 14.5 Å². The number of rotatable bonds is 4. The summed E-state index contributed by atoms with van der Waals surface area (Å²) in [6, 6.07) is 5.05. The number of aromatic nitrogens is 5. The minimum atomic E-state index is 0.331. The number of pyridine rings is 2. The number of nitrogens with zero attached hydrogens (tertiary/aromatic N) is 6. The molecule has 0 atom stereocenters. The summed E-state index contributed by atoms with van der Waals surface area (Å²) < 4.78 is 7.44. The van der Waals surface area contributed by atoms with E-state index < -0.39 is 0 Å². The molecule has 4 aromatic heterocycles. The number of aromatic amines is 1. The largest absolute Gasteiger partial charge is 0.381 e. The van der Waals surface area contributed by atoms with Gasteiger partial charge in [0.2, 0.25) is 0 Å². The highest BCUT2D eigenvalue weighted by atomic mass is 16.5. The van der Waals surface area contributed by atoms with Gasteiger partial charge in [-0.1, -0.05) is 13.8 Å². The predicted octanol–water partition coefficient (Wildman–Crippen LogP) is 4.31. The molecule has 0 saturated carbocycles. The third-order valence-electron chi connectivity index (χ3n) is 7.98. The number of hydrogen-bond acceptors (Lipinski definition) is 6. The van der Waals surface area contributed by atoms with Crippen LogP contribution >= 0.6 is 0 Å². The molecule has 184 valence electrons. The zero-order valence-electron chi connectivity index (χ0n) is 21.2. The molecule has 2 saturated heterocycles. The van der Waals surface area contributed by atoms with E-state index in [0.29, 0.717) is 12.0 Å². The highest BCUT2D eigenvalue weighted by Gasteiger charge is 2.27. The van der Waals surface area contributed by atoms with Crippen molar-refractivity contribution in [3.63, 3.8) is 0 Å². The van der Waals surface area contributed by atoms with Crippen molar-refractivity contribution in [1.29, 1.82) is 0 Å². The second kappa shape index (κ2) is 8.91. The number of hydrogen-bond donors (Lipinski definition) is 1. The molecule has 0 unspecified atom stereocenters. The summed E-state index contributed by atoms with van der Waals surface area (Å²) in [5.74, 6) is 1.41. The summed E-state index contributed by atoms with van der Waals surface area (Å²) in [6.07, 6.45) is 6.04. The Balaban J connectivity index is 1.34. The topological polar surface area (TPSA) is 74.6 Å². The van der Waals surface area contributed by atoms with E-state index in [4.69, 9.17) is 9.72 Å². The number of piperazine rings is 1. The average molecular weight is 474 g/mol. The molecule has 35 heavy (non-hydrogen) atoms. The van der Waals surface area contributed by atoms with Gasteiger partial charge in [0.1, 0.15) is 12.1 Å². The Hall–Kier alpha value is -2.97. The minimum absolute atomic E-state index is 0.331. The van der Waals surface area contributed by atoms with Crippen molar-refractivity contribution in [3.8, 4) is 11.3 Å². The van der Waals surface area contributed by atoms with Crippen LogP contribution in [0.25, 0.3) is 27.9 Å². The molecule has 0 spiro atoms. The first kappa shape index (κ1) is 22.5. The van der Waals surface area contributed by atoms with Gasteiger partial charge in [-0.15, -0.1) is 0 Å². The second-order valence-corrected chi connectivity index (χ2v) is 10.3. The first-order chi connectivity index (χ1) is 17.0. The molecule has 2 fully saturated rings. The molecule has 6 heterocycles. The van der Waals surface area contributed by atoms with E-state index in [1.807, 2.05) is 4.52 Å². The second-order valence-electron chi connectivity index (χ2n) is 10.3. The normalized spacial score (nSPS) is 18.4. The van der Waals surface area contributed by atoms with Crippen LogP contribution in [0.2, 0.25) is 0 Å². The fraction of sp³-hybridized carbons (Fsp3) is 0.519. The lowest BCUT2D eigenvalue weighted by molar-refractivity contribution is 0.0321. The van der Waals surface area contributed by atoms with Crippen LogP contribution in [0.1, 0.15) is 49.3 Å². The van der Waals surface area contributed by atoms with Crippen LogP contribution in [-0.2, 0) is 4.74 Å². The number of anilines is 1. The van der Waals surface area contributed by atoms with E-state index in [0.717, 1.165) is 91.6 Å². The van der Waals surface area contributed by atoms with Gasteiger partial charge in [-0.2, -0.15) is 5.10 Å². The molecule has 0 radical (unpaired) electrons. The molecular formula is C27H35N7O. The van der Waals surface area contributed by atoms with Gasteiger partial charge in [-0.3, -0.25) is 4.90 Å². The molecule has 4 aromatic rings. The van der Waals surface area contributed by atoms with Crippen LogP contribution in [0.5, 0.6) is 0 Å². The van der Waals surface area contributed by atoms with Crippen molar-refractivity contribution in [2.24, 2.45) is 0 Å². The molecule has 8 heteroatoms. The number of ether oxygens (including phenoxy) is 1. The molecule has 0 bridgehead atoms. The Morgan fingerprint density at radius 2 is 1.80 bits per heavy atom. The quantitative estimate of drug-likeness (QED) is 0.476. The van der Waals surface area contributed by atoms with E-state index in [9.17, 15) is 0 Å². The molecule has 0 aromatic carbocycles. The molecular weight excluding hydrogens is 438 g/mol. The van der Waals surface area contributed by atoms with Crippen LogP contribution in [-0.4, -0.2) is 74.9 Å². The number of nitrogens with one attached hydrogen (secondary N) is 1. The Morgan fingerprint density at radius 3 is 2.54 bits per heavy atom. The van der Waals surface area contributed by atoms with E-state index >= 15 is 0 Å². The fourth-order valence-electron chi connectivity index (χ4n) is 5.85. The van der Waals surface area contributed by atoms with Gasteiger partial charge >= 0.3 is 0 Å². The van der Waals surface area contributed by atoms with Crippen LogP contribution in [0.4, 0.5) is 5.82 Å². The lowest BCUT2D eigenvalue weighted by atomic mass is 9.95. The summed E-state index contributed by atoms with van der Waals surface area (Å²) in [4.78, 5) is 18.5. The van der Waals surface area contributed by atoms with Crippen molar-refractivity contribution in [3.05, 3.63) is 41.3 Å². The number of fused-ring (bicyclic) bond motifs is 2. The summed E-state index contributed by atoms with van der Waals surface area (Å²) in [7, 11) is 0. The zero-order valence-corrected chi connectivity index (χ0v) is 21.2. The highest BCUT2D eigenvalue weighted by Crippen LogP contribution is 2.38. The fourth-order valence-corrected chi connectivity index (χ4v) is 5.85. The first-order valence-electron chi connectivity index (χ1n) is 12.9. The third kappa shape index (κ3) is 3.89. The lowest BCUT2D eigenvalue weighted by Crippen LogP contribution is -2.51. The molecule has 2 aliphatic heterocycles. The van der Waals surface area contributed by atoms with E-state index in [1.54, 1.807) is 6.33 Å². The van der Waals surface area contributed by atoms with Gasteiger partial charge in [0.15, 0.2) is 5.65 Å². The van der Waals surface area contributed by atoms with E-state index in [-0.39, 0.29) is 0 Å². The molecule has 1 N–H and O–H groups in total. The van der Waals surface area contributed by atoms with Crippen LogP contribution in [0.15, 0.2) is 24.7 Å². The van der Waals surface area contributed by atoms with Crippen molar-refractivity contribution in [1.82, 2.24) is 29.5 Å². The maximum absolute atomic E-state index is 5.56. The molecule has 8 nitrogen and oxygen atoms in total. The summed E-state index contributed by atoms with van der Waals surface area (Å²) in [5, 5.41) is 4.41. The van der Waals surface area contributed by atoms with Crippen LogP contribution in [0.3, 0.4) is 0 Å². The number of H-pyrrole nitrogens is 1. The monoisotopic (exact) mass is 473 g/mol. The Bertz CT molecular complexity index is 1360. The summed E-state index contributed by atoms with van der Waals surface area (Å²) >= 11 is 0. The smallest absolute Gasteiger partial charge is 0.158 e. The highest BCUT2D eigenvalue weighted by molar-refractivity contribution is 5.90. The van der Waals surface area contributed by atoms with Crippen molar-refractivity contribution >= 4 is 22.5 Å². The van der Waals surface area contributed by atoms with E-state index in [1.165, 1.54) is 11.1 Å². The lowest BCUT2D eigenvalue weighted by Gasteiger charge is -2.41. The average Bonchev–Trinajstić information content (AvgIpc) is 3.51. The van der Waals surface area contributed by atoms with Crippen molar-refractivity contribution in [2.45, 2.75) is 52.5 Å². The zero-order chi connectivity index (χ0) is 24.1. The SMILES string of the molecule is Cc1c(-c2[nH]c3ccc(N4CCN(C5CCOCC5)CC4)nc3c2C(C)C)cn2ncnc2c1C. The Kier molecular flexibility index (Phi) is 5.73. The summed E-state index contributed by atoms with van der Waals surface area (Å²) in [6.45, 7) is 14.8. The van der Waals surface area contributed by atoms with Crippen LogP contribution in [0, 0.1) is 13.8 Å². The minimum Gasteiger partial charge on any atom is -0.381 e. The van der Waals surface area contributed by atoms with E-state index in [2.05, 4.69) is 70.9 Å². The third-order valence-corrected chi connectivity index (χ3v) is 7.98. The van der Waals surface area contributed by atoms with Gasteiger partial charge in [0.25, 0.3) is 0 Å². The van der Waals surface area contributed by atoms with Gasteiger partial charge in [-0.05, 0) is 55.9 Å². The number of aryl methyl sites for hydroxylation is 1. The Labute approximate surface area is 206 Å². The van der Waals surface area contributed by atoms with Gasteiger partial charge in [0.05, 0.1) is 16.7 Å². The maximum atomic E-state index is 5.56. The summed E-state index contributed by atoms with van der Waals surface area (Å²) in [5.41, 5.74) is 9.03. The Morgan fingerprint density at radius 1 is 1.03 bits per heavy atom.